The SMILES string of the molecule is O=C(O)C1c2ccsc2CCN1C(=O)CCn1ccnn1. The molecule has 21 heavy (non-hydrogen) atoms. The molecule has 3 heterocycles. The molecule has 0 fully saturated rings. The normalized spacial score (nSPS) is 17.5. The van der Waals surface area contributed by atoms with Gasteiger partial charge in [0.1, 0.15) is 0 Å². The third-order valence-electron chi connectivity index (χ3n) is 3.55. The topological polar surface area (TPSA) is 88.3 Å². The lowest BCUT2D eigenvalue weighted by molar-refractivity contribution is -0.151. The fraction of sp³-hybridized carbons (Fsp3) is 0.385. The number of carboxylic acids is 1. The van der Waals surface area contributed by atoms with E-state index in [9.17, 15) is 14.7 Å². The fourth-order valence-corrected chi connectivity index (χ4v) is 3.46. The summed E-state index contributed by atoms with van der Waals surface area (Å²) in [7, 11) is 0. The molecule has 0 saturated heterocycles. The molecule has 3 rings (SSSR count). The number of nitrogens with zero attached hydrogens (tertiary/aromatic N) is 4. The number of thiophene rings is 1. The third kappa shape index (κ3) is 2.66. The summed E-state index contributed by atoms with van der Waals surface area (Å²) in [5.74, 6) is -1.15. The quantitative estimate of drug-likeness (QED) is 0.908. The largest absolute Gasteiger partial charge is 0.479 e. The van der Waals surface area contributed by atoms with Gasteiger partial charge in [0.15, 0.2) is 6.04 Å². The smallest absolute Gasteiger partial charge is 0.331 e. The van der Waals surface area contributed by atoms with E-state index < -0.39 is 12.0 Å². The number of carbonyl (C=O) groups excluding carboxylic acids is 1. The number of hydrogen-bond donors (Lipinski definition) is 1. The minimum Gasteiger partial charge on any atom is -0.479 e. The second-order valence-electron chi connectivity index (χ2n) is 4.79. The number of fused-ring (bicyclic) bond motifs is 1. The van der Waals surface area contributed by atoms with Gasteiger partial charge in [-0.3, -0.25) is 9.48 Å². The zero-order chi connectivity index (χ0) is 14.8. The lowest BCUT2D eigenvalue weighted by Gasteiger charge is -2.33. The molecule has 0 saturated carbocycles. The first kappa shape index (κ1) is 13.7. The van der Waals surface area contributed by atoms with E-state index in [4.69, 9.17) is 0 Å². The van der Waals surface area contributed by atoms with Gasteiger partial charge in [0.05, 0.1) is 12.7 Å². The summed E-state index contributed by atoms with van der Waals surface area (Å²) in [6.45, 7) is 0.846. The predicted molar refractivity (Wildman–Crippen MR) is 74.8 cm³/mol. The molecule has 1 aliphatic rings. The van der Waals surface area contributed by atoms with Crippen molar-refractivity contribution in [3.8, 4) is 0 Å². The molecule has 7 nitrogen and oxygen atoms in total. The summed E-state index contributed by atoms with van der Waals surface area (Å²) in [6.07, 6.45) is 4.15. The van der Waals surface area contributed by atoms with E-state index in [2.05, 4.69) is 10.3 Å². The summed E-state index contributed by atoms with van der Waals surface area (Å²) in [6, 6.07) is 0.929. The Labute approximate surface area is 124 Å². The molecule has 2 aromatic heterocycles. The number of amides is 1. The highest BCUT2D eigenvalue weighted by Crippen LogP contribution is 2.33. The van der Waals surface area contributed by atoms with Crippen LogP contribution in [-0.4, -0.2) is 43.4 Å². The monoisotopic (exact) mass is 306 g/mol. The van der Waals surface area contributed by atoms with Crippen LogP contribution in [0, 0.1) is 0 Å². The van der Waals surface area contributed by atoms with Crippen molar-refractivity contribution in [2.24, 2.45) is 0 Å². The first-order chi connectivity index (χ1) is 10.2. The van der Waals surface area contributed by atoms with E-state index in [1.165, 1.54) is 4.90 Å². The number of hydrogen-bond acceptors (Lipinski definition) is 5. The molecule has 1 N–H and O–H groups in total. The first-order valence-corrected chi connectivity index (χ1v) is 7.47. The van der Waals surface area contributed by atoms with Crippen molar-refractivity contribution >= 4 is 23.2 Å². The Bertz CT molecular complexity index is 652. The maximum atomic E-state index is 12.3. The zero-order valence-electron chi connectivity index (χ0n) is 11.2. The molecule has 2 aromatic rings. The van der Waals surface area contributed by atoms with Crippen molar-refractivity contribution in [3.05, 3.63) is 34.3 Å². The van der Waals surface area contributed by atoms with Gasteiger partial charge in [-0.2, -0.15) is 0 Å². The number of carbonyl (C=O) groups is 2. The van der Waals surface area contributed by atoms with Gasteiger partial charge in [-0.1, -0.05) is 5.21 Å². The number of carboxylic acid groups (broad SMARTS) is 1. The third-order valence-corrected chi connectivity index (χ3v) is 4.54. The second-order valence-corrected chi connectivity index (χ2v) is 5.79. The highest BCUT2D eigenvalue weighted by molar-refractivity contribution is 7.10. The molecule has 0 bridgehead atoms. The van der Waals surface area contributed by atoms with Crippen molar-refractivity contribution in [3.63, 3.8) is 0 Å². The van der Waals surface area contributed by atoms with Crippen LogP contribution in [0.5, 0.6) is 0 Å². The minimum atomic E-state index is -0.983. The van der Waals surface area contributed by atoms with Crippen LogP contribution in [0.4, 0.5) is 0 Å². The van der Waals surface area contributed by atoms with Gasteiger partial charge in [0.25, 0.3) is 0 Å². The van der Waals surface area contributed by atoms with Crippen molar-refractivity contribution < 1.29 is 14.7 Å². The molecule has 0 radical (unpaired) electrons. The van der Waals surface area contributed by atoms with E-state index in [0.717, 1.165) is 10.4 Å². The van der Waals surface area contributed by atoms with Gasteiger partial charge < -0.3 is 10.0 Å². The number of aromatic nitrogens is 3. The Morgan fingerprint density at radius 3 is 3.05 bits per heavy atom. The van der Waals surface area contributed by atoms with Crippen LogP contribution in [0.3, 0.4) is 0 Å². The van der Waals surface area contributed by atoms with E-state index in [1.807, 2.05) is 5.38 Å². The molecule has 8 heteroatoms. The number of aliphatic carboxylic acids is 1. The number of rotatable bonds is 4. The fourth-order valence-electron chi connectivity index (χ4n) is 2.56. The van der Waals surface area contributed by atoms with Crippen molar-refractivity contribution in [1.29, 1.82) is 0 Å². The maximum absolute atomic E-state index is 12.3. The van der Waals surface area contributed by atoms with Gasteiger partial charge in [0, 0.05) is 24.0 Å². The van der Waals surface area contributed by atoms with Crippen LogP contribution < -0.4 is 0 Å². The predicted octanol–water partition coefficient (Wildman–Crippen LogP) is 0.940. The number of aryl methyl sites for hydroxylation is 1. The molecule has 0 aliphatic carbocycles. The first-order valence-electron chi connectivity index (χ1n) is 6.59. The second kappa shape index (κ2) is 5.65. The average Bonchev–Trinajstić information content (AvgIpc) is 3.14. The Morgan fingerprint density at radius 1 is 1.48 bits per heavy atom. The average molecular weight is 306 g/mol. The maximum Gasteiger partial charge on any atom is 0.331 e. The summed E-state index contributed by atoms with van der Waals surface area (Å²) in [5.41, 5.74) is 0.743. The molecular weight excluding hydrogens is 292 g/mol. The van der Waals surface area contributed by atoms with E-state index in [-0.39, 0.29) is 12.3 Å². The Kier molecular flexibility index (Phi) is 3.70. The van der Waals surface area contributed by atoms with Crippen molar-refractivity contribution in [2.45, 2.75) is 25.4 Å². The summed E-state index contributed by atoms with van der Waals surface area (Å²) in [4.78, 5) is 26.4. The minimum absolute atomic E-state index is 0.172. The van der Waals surface area contributed by atoms with E-state index in [0.29, 0.717) is 19.5 Å². The molecular formula is C13H14N4O3S. The highest BCUT2D eigenvalue weighted by atomic mass is 32.1. The Hall–Kier alpha value is -2.22. The molecule has 1 unspecified atom stereocenters. The van der Waals surface area contributed by atoms with Gasteiger partial charge in [-0.15, -0.1) is 16.4 Å². The van der Waals surface area contributed by atoms with Gasteiger partial charge in [-0.25, -0.2) is 4.79 Å². The van der Waals surface area contributed by atoms with Gasteiger partial charge in [0.2, 0.25) is 5.91 Å². The summed E-state index contributed by atoms with van der Waals surface area (Å²) >= 11 is 1.55. The van der Waals surface area contributed by atoms with E-state index >= 15 is 0 Å². The van der Waals surface area contributed by atoms with Gasteiger partial charge >= 0.3 is 5.97 Å². The van der Waals surface area contributed by atoms with Crippen molar-refractivity contribution in [1.82, 2.24) is 19.9 Å². The molecule has 1 atom stereocenters. The van der Waals surface area contributed by atoms with Crippen LogP contribution in [0.2, 0.25) is 0 Å². The standard InChI is InChI=1S/C13H14N4O3S/c18-11(2-5-16-7-4-14-15-16)17-6-1-10-9(3-8-21-10)12(17)13(19)20/h3-4,7-8,12H,1-2,5-6H2,(H,19,20). The molecule has 1 aliphatic heterocycles. The summed E-state index contributed by atoms with van der Waals surface area (Å²) < 4.78 is 1.56. The van der Waals surface area contributed by atoms with Crippen LogP contribution in [0.25, 0.3) is 0 Å². The highest BCUT2D eigenvalue weighted by Gasteiger charge is 2.36. The molecule has 0 aromatic carbocycles. The van der Waals surface area contributed by atoms with Crippen LogP contribution >= 0.6 is 11.3 Å². The molecule has 110 valence electrons. The lowest BCUT2D eigenvalue weighted by Crippen LogP contribution is -2.43. The zero-order valence-corrected chi connectivity index (χ0v) is 12.0. The molecule has 0 spiro atoms. The van der Waals surface area contributed by atoms with E-state index in [1.54, 1.807) is 34.5 Å². The van der Waals surface area contributed by atoms with Crippen LogP contribution in [0.15, 0.2) is 23.8 Å². The van der Waals surface area contributed by atoms with Crippen LogP contribution in [-0.2, 0) is 22.6 Å². The lowest BCUT2D eigenvalue weighted by atomic mass is 9.99. The summed E-state index contributed by atoms with van der Waals surface area (Å²) in [5, 5.41) is 18.8. The Balaban J connectivity index is 1.74. The van der Waals surface area contributed by atoms with Gasteiger partial charge in [-0.05, 0) is 23.4 Å². The Morgan fingerprint density at radius 2 is 2.33 bits per heavy atom. The van der Waals surface area contributed by atoms with Crippen LogP contribution in [0.1, 0.15) is 22.9 Å². The molecule has 1 amide bonds. The van der Waals surface area contributed by atoms with Crippen molar-refractivity contribution in [2.75, 3.05) is 6.54 Å².